The lowest BCUT2D eigenvalue weighted by Gasteiger charge is -2.53. The molecule has 7 aromatic carbocycles. The van der Waals surface area contributed by atoms with E-state index in [1.807, 2.05) is 0 Å². The van der Waals surface area contributed by atoms with Crippen molar-refractivity contribution in [3.8, 4) is 27.9 Å². The highest BCUT2D eigenvalue weighted by Crippen LogP contribution is 2.68. The van der Waals surface area contributed by atoms with E-state index in [0.29, 0.717) is 0 Å². The van der Waals surface area contributed by atoms with E-state index in [1.165, 1.54) is 137 Å². The van der Waals surface area contributed by atoms with Crippen molar-refractivity contribution in [2.24, 2.45) is 23.7 Å². The molecule has 2 spiro atoms. The largest absolute Gasteiger partial charge is 0.337 e. The van der Waals surface area contributed by atoms with Gasteiger partial charge in [0.15, 0.2) is 0 Å². The Labute approximate surface area is 366 Å². The molecule has 1 heterocycles. The standard InChI is InChI=1S/C60H54N2/c1-3-13-44(14-4-1)62-57-20-10-7-17-51(57)52-36-45(25-28-58(52)62)61(46-24-27-49-47-15-5-8-18-53(47)59(55(49)37-46)29-11-2-12-30-59)38-40-22-26-50-48-16-6-9-19-54(48)60(56(50)35-40)42-23-21-39-31-41(33-42)34-43(60)32-39/h1,3-10,13-20,22,24-28,35-37,39,41-43H,2,11-12,21,23,29-34,38H2. The fourth-order valence-corrected chi connectivity index (χ4v) is 15.2. The van der Waals surface area contributed by atoms with Gasteiger partial charge < -0.3 is 9.47 Å². The second kappa shape index (κ2) is 13.3. The molecule has 2 heteroatoms. The maximum Gasteiger partial charge on any atom is 0.0542 e. The van der Waals surface area contributed by atoms with E-state index in [0.717, 1.165) is 30.2 Å². The summed E-state index contributed by atoms with van der Waals surface area (Å²) in [6.45, 7) is 0.821. The van der Waals surface area contributed by atoms with Crippen molar-refractivity contribution in [2.45, 2.75) is 88.0 Å². The fraction of sp³-hybridized carbons (Fsp3) is 0.300. The molecule has 5 saturated carbocycles. The predicted octanol–water partition coefficient (Wildman–Crippen LogP) is 15.5. The van der Waals surface area contributed by atoms with Crippen LogP contribution in [0.3, 0.4) is 0 Å². The molecular formula is C60H54N2. The van der Waals surface area contributed by atoms with Gasteiger partial charge in [-0.3, -0.25) is 0 Å². The zero-order valence-electron chi connectivity index (χ0n) is 35.7. The van der Waals surface area contributed by atoms with Gasteiger partial charge in [0.05, 0.1) is 11.0 Å². The van der Waals surface area contributed by atoms with Gasteiger partial charge in [0.2, 0.25) is 0 Å². The predicted molar refractivity (Wildman–Crippen MR) is 257 cm³/mol. The van der Waals surface area contributed by atoms with Crippen molar-refractivity contribution in [1.82, 2.24) is 4.57 Å². The normalized spacial score (nSPS) is 24.6. The number of nitrogens with zero attached hydrogens (tertiary/aromatic N) is 2. The van der Waals surface area contributed by atoms with E-state index in [2.05, 4.69) is 167 Å². The molecule has 4 bridgehead atoms. The SMILES string of the molecule is c1ccc(-n2c3ccccc3c3cc(N(Cc4ccc5c(c4)C4(c6ccccc6-5)C5CCC6CC(C5)CC4C6)c4ccc5c(c4)C4(CCCCC4)c4ccccc4-5)ccc32)cc1. The molecule has 15 rings (SSSR count). The van der Waals surface area contributed by atoms with E-state index in [9.17, 15) is 0 Å². The highest BCUT2D eigenvalue weighted by atomic mass is 15.1. The van der Waals surface area contributed by atoms with Gasteiger partial charge in [-0.05, 0) is 167 Å². The number of benzene rings is 7. The minimum Gasteiger partial charge on any atom is -0.337 e. The lowest BCUT2D eigenvalue weighted by molar-refractivity contribution is 0.0617. The molecule has 5 unspecified atom stereocenters. The second-order valence-corrected chi connectivity index (χ2v) is 20.3. The summed E-state index contributed by atoms with van der Waals surface area (Å²) in [6.07, 6.45) is 14.9. The molecule has 2 nitrogen and oxygen atoms in total. The first-order valence-electron chi connectivity index (χ1n) is 24.0. The van der Waals surface area contributed by atoms with Gasteiger partial charge >= 0.3 is 0 Å². The quantitative estimate of drug-likeness (QED) is 0.168. The Morgan fingerprint density at radius 2 is 1.13 bits per heavy atom. The van der Waals surface area contributed by atoms with Gasteiger partial charge in [0.25, 0.3) is 0 Å². The van der Waals surface area contributed by atoms with Crippen molar-refractivity contribution in [1.29, 1.82) is 0 Å². The van der Waals surface area contributed by atoms with Crippen LogP contribution in [-0.2, 0) is 17.4 Å². The molecule has 304 valence electrons. The first-order valence-corrected chi connectivity index (χ1v) is 24.0. The Morgan fingerprint density at radius 3 is 2.02 bits per heavy atom. The smallest absolute Gasteiger partial charge is 0.0542 e. The van der Waals surface area contributed by atoms with Crippen LogP contribution in [0.2, 0.25) is 0 Å². The lowest BCUT2D eigenvalue weighted by Crippen LogP contribution is -2.48. The number of hydrogen-bond donors (Lipinski definition) is 0. The summed E-state index contributed by atoms with van der Waals surface area (Å²) in [6, 6.07) is 61.4. The first kappa shape index (κ1) is 35.7. The third-order valence-electron chi connectivity index (χ3n) is 17.5. The van der Waals surface area contributed by atoms with E-state index in [4.69, 9.17) is 0 Å². The van der Waals surface area contributed by atoms with Gasteiger partial charge in [-0.25, -0.2) is 0 Å². The molecule has 62 heavy (non-hydrogen) atoms. The van der Waals surface area contributed by atoms with Crippen molar-refractivity contribution in [3.05, 3.63) is 186 Å². The summed E-state index contributed by atoms with van der Waals surface area (Å²) in [5.74, 6) is 3.32. The van der Waals surface area contributed by atoms with Crippen LogP contribution < -0.4 is 4.90 Å². The van der Waals surface area contributed by atoms with Crippen LogP contribution in [0.5, 0.6) is 0 Å². The summed E-state index contributed by atoms with van der Waals surface area (Å²) in [5, 5.41) is 2.60. The molecule has 0 radical (unpaired) electrons. The van der Waals surface area contributed by atoms with Gasteiger partial charge in [-0.15, -0.1) is 0 Å². The molecule has 0 aliphatic heterocycles. The number of rotatable bonds is 5. The monoisotopic (exact) mass is 802 g/mol. The molecule has 0 N–H and O–H groups in total. The van der Waals surface area contributed by atoms with Crippen LogP contribution in [0.15, 0.2) is 158 Å². The lowest BCUT2D eigenvalue weighted by atomic mass is 9.50. The summed E-state index contributed by atoms with van der Waals surface area (Å²) in [5.41, 5.74) is 20.3. The summed E-state index contributed by atoms with van der Waals surface area (Å²) < 4.78 is 2.45. The number of para-hydroxylation sites is 2. The highest BCUT2D eigenvalue weighted by Gasteiger charge is 2.59. The number of aromatic nitrogens is 1. The van der Waals surface area contributed by atoms with Crippen molar-refractivity contribution in [2.75, 3.05) is 4.90 Å². The average molecular weight is 803 g/mol. The Hall–Kier alpha value is -5.86. The third kappa shape index (κ3) is 4.87. The van der Waals surface area contributed by atoms with Crippen LogP contribution in [0, 0.1) is 23.7 Å². The van der Waals surface area contributed by atoms with Crippen LogP contribution in [0.4, 0.5) is 11.4 Å². The Bertz CT molecular complexity index is 3080. The van der Waals surface area contributed by atoms with Gasteiger partial charge in [-0.1, -0.05) is 135 Å². The molecule has 0 saturated heterocycles. The molecule has 5 atom stereocenters. The Morgan fingerprint density at radius 1 is 0.468 bits per heavy atom. The van der Waals surface area contributed by atoms with E-state index in [-0.39, 0.29) is 10.8 Å². The number of anilines is 2. The van der Waals surface area contributed by atoms with Crippen molar-refractivity contribution >= 4 is 33.2 Å². The summed E-state index contributed by atoms with van der Waals surface area (Å²) in [4.78, 5) is 2.67. The van der Waals surface area contributed by atoms with Crippen molar-refractivity contribution < 1.29 is 0 Å². The average Bonchev–Trinajstić information content (AvgIpc) is 3.83. The Kier molecular flexibility index (Phi) is 7.67. The molecule has 7 aliphatic carbocycles. The molecule has 1 aromatic heterocycles. The van der Waals surface area contributed by atoms with Gasteiger partial charge in [0, 0.05) is 45.2 Å². The maximum absolute atomic E-state index is 2.72. The van der Waals surface area contributed by atoms with Crippen molar-refractivity contribution in [3.63, 3.8) is 0 Å². The topological polar surface area (TPSA) is 8.17 Å². The van der Waals surface area contributed by atoms with Crippen LogP contribution >= 0.6 is 0 Å². The minimum absolute atomic E-state index is 0.0998. The Balaban J connectivity index is 0.957. The van der Waals surface area contributed by atoms with Gasteiger partial charge in [-0.2, -0.15) is 0 Å². The maximum atomic E-state index is 2.72. The first-order chi connectivity index (χ1) is 30.7. The van der Waals surface area contributed by atoms with Gasteiger partial charge in [0.1, 0.15) is 0 Å². The summed E-state index contributed by atoms with van der Waals surface area (Å²) in [7, 11) is 0. The zero-order chi connectivity index (χ0) is 40.6. The second-order valence-electron chi connectivity index (χ2n) is 20.3. The number of fused-ring (bicyclic) bond motifs is 12. The summed E-state index contributed by atoms with van der Waals surface area (Å²) >= 11 is 0. The molecular weight excluding hydrogens is 749 g/mol. The highest BCUT2D eigenvalue weighted by molar-refractivity contribution is 6.10. The fourth-order valence-electron chi connectivity index (χ4n) is 15.2. The molecule has 7 aliphatic rings. The van der Waals surface area contributed by atoms with Crippen LogP contribution in [0.1, 0.15) is 98.4 Å². The van der Waals surface area contributed by atoms with Crippen LogP contribution in [0.25, 0.3) is 49.7 Å². The zero-order valence-corrected chi connectivity index (χ0v) is 35.7. The molecule has 8 aromatic rings. The minimum atomic E-state index is 0.0998. The molecule has 5 fully saturated rings. The van der Waals surface area contributed by atoms with E-state index >= 15 is 0 Å². The number of hydrogen-bond acceptors (Lipinski definition) is 1. The molecule has 0 amide bonds. The third-order valence-corrected chi connectivity index (χ3v) is 17.5. The van der Waals surface area contributed by atoms with E-state index in [1.54, 1.807) is 22.3 Å². The van der Waals surface area contributed by atoms with E-state index < -0.39 is 0 Å². The van der Waals surface area contributed by atoms with Crippen LogP contribution in [-0.4, -0.2) is 4.57 Å².